The molecule has 1 saturated heterocycles. The fraction of sp³-hybridized carbons (Fsp3) is 0.400. The van der Waals surface area contributed by atoms with Gasteiger partial charge in [-0.1, -0.05) is 0 Å². The Bertz CT molecular complexity index is 645. The van der Waals surface area contributed by atoms with Gasteiger partial charge in [0.1, 0.15) is 11.6 Å². The van der Waals surface area contributed by atoms with Gasteiger partial charge >= 0.3 is 0 Å². The van der Waals surface area contributed by atoms with Crippen LogP contribution in [0.1, 0.15) is 30.2 Å². The van der Waals surface area contributed by atoms with Gasteiger partial charge in [0.15, 0.2) is 0 Å². The molecule has 0 atom stereocenters. The highest BCUT2D eigenvalue weighted by molar-refractivity contribution is 6.14. The van der Waals surface area contributed by atoms with Gasteiger partial charge in [0.05, 0.1) is 25.8 Å². The molecule has 21 heavy (non-hydrogen) atoms. The third-order valence-electron chi connectivity index (χ3n) is 3.72. The molecule has 1 fully saturated rings. The van der Waals surface area contributed by atoms with E-state index in [0.29, 0.717) is 11.3 Å². The summed E-state index contributed by atoms with van der Waals surface area (Å²) in [5.41, 5.74) is 9.40. The number of nitrogens with zero attached hydrogens (tertiary/aromatic N) is 2. The minimum absolute atomic E-state index is 0.124. The van der Waals surface area contributed by atoms with Gasteiger partial charge in [-0.2, -0.15) is 0 Å². The number of allylic oxidation sites excluding steroid dienone is 1. The molecule has 0 spiro atoms. The molecule has 1 aliphatic rings. The number of amidine groups is 1. The summed E-state index contributed by atoms with van der Waals surface area (Å²) in [7, 11) is 1.61. The first kappa shape index (κ1) is 15.0. The Balaban J connectivity index is 2.33. The van der Waals surface area contributed by atoms with Crippen molar-refractivity contribution in [1.82, 2.24) is 9.88 Å². The molecule has 0 aromatic carbocycles. The number of likely N-dealkylation sites (tertiary alicyclic amines) is 1. The van der Waals surface area contributed by atoms with Crippen LogP contribution in [0, 0.1) is 19.3 Å². The molecule has 0 unspecified atom stereocenters. The van der Waals surface area contributed by atoms with E-state index in [1.54, 1.807) is 20.2 Å². The molecule has 1 aliphatic heterocycles. The molecule has 6 heteroatoms. The minimum Gasteiger partial charge on any atom is -0.496 e. The number of hydrogen-bond acceptors (Lipinski definition) is 5. The number of aromatic nitrogens is 1. The van der Waals surface area contributed by atoms with E-state index in [4.69, 9.17) is 15.9 Å². The Morgan fingerprint density at radius 2 is 2.19 bits per heavy atom. The monoisotopic (exact) mass is 288 g/mol. The zero-order valence-corrected chi connectivity index (χ0v) is 12.8. The molecule has 112 valence electrons. The fourth-order valence-electron chi connectivity index (χ4n) is 2.49. The van der Waals surface area contributed by atoms with Crippen molar-refractivity contribution in [3.63, 3.8) is 0 Å². The van der Waals surface area contributed by atoms with Gasteiger partial charge in [0.25, 0.3) is 0 Å². The molecule has 0 bridgehead atoms. The van der Waals surface area contributed by atoms with E-state index < -0.39 is 0 Å². The second kappa shape index (κ2) is 5.55. The number of ether oxygens (including phenoxy) is 1. The average Bonchev–Trinajstić information content (AvgIpc) is 2.70. The van der Waals surface area contributed by atoms with Gasteiger partial charge in [0.2, 0.25) is 5.91 Å². The predicted molar refractivity (Wildman–Crippen MR) is 80.0 cm³/mol. The van der Waals surface area contributed by atoms with E-state index in [1.807, 2.05) is 13.8 Å². The smallest absolute Gasteiger partial charge is 0.233 e. The molecule has 1 aromatic heterocycles. The van der Waals surface area contributed by atoms with E-state index in [1.165, 1.54) is 4.90 Å². The van der Waals surface area contributed by atoms with Gasteiger partial charge in [-0.3, -0.25) is 20.1 Å². The van der Waals surface area contributed by atoms with E-state index in [-0.39, 0.29) is 24.7 Å². The topological polar surface area (TPSA) is 92.3 Å². The molecule has 0 saturated carbocycles. The third-order valence-corrected chi connectivity index (χ3v) is 3.72. The number of hydrogen-bond donors (Lipinski definition) is 2. The number of carbonyl (C=O) groups excluding carboxylic acids is 1. The van der Waals surface area contributed by atoms with Crippen molar-refractivity contribution in [2.24, 2.45) is 5.73 Å². The quantitative estimate of drug-likeness (QED) is 0.884. The first-order chi connectivity index (χ1) is 9.86. The zero-order chi connectivity index (χ0) is 15.7. The molecule has 3 N–H and O–H groups in total. The van der Waals surface area contributed by atoms with Crippen LogP contribution in [0.5, 0.6) is 5.75 Å². The maximum absolute atomic E-state index is 12.1. The average molecular weight is 288 g/mol. The Morgan fingerprint density at radius 3 is 2.71 bits per heavy atom. The normalized spacial score (nSPS) is 17.4. The third kappa shape index (κ3) is 2.61. The first-order valence-corrected chi connectivity index (χ1v) is 6.70. The van der Waals surface area contributed by atoms with Crippen molar-refractivity contribution in [2.75, 3.05) is 7.11 Å². The van der Waals surface area contributed by atoms with Crippen LogP contribution in [0.4, 0.5) is 0 Å². The summed E-state index contributed by atoms with van der Waals surface area (Å²) in [6.45, 7) is 5.80. The number of methoxy groups -OCH3 is 1. The van der Waals surface area contributed by atoms with Crippen LogP contribution < -0.4 is 10.5 Å². The predicted octanol–water partition coefficient (Wildman–Crippen LogP) is 1.65. The number of amides is 1. The second-order valence-corrected chi connectivity index (χ2v) is 5.21. The Hall–Kier alpha value is -2.37. The lowest BCUT2D eigenvalue weighted by molar-refractivity contribution is -0.125. The van der Waals surface area contributed by atoms with Crippen molar-refractivity contribution in [3.05, 3.63) is 34.3 Å². The summed E-state index contributed by atoms with van der Waals surface area (Å²) < 4.78 is 5.37. The van der Waals surface area contributed by atoms with Gasteiger partial charge in [-0.25, -0.2) is 0 Å². The number of nitrogens with one attached hydrogen (secondary N) is 1. The Labute approximate surface area is 124 Å². The highest BCUT2D eigenvalue weighted by Crippen LogP contribution is 2.27. The van der Waals surface area contributed by atoms with E-state index in [0.717, 1.165) is 22.6 Å². The first-order valence-electron chi connectivity index (χ1n) is 6.70. The number of aryl methyl sites for hydroxylation is 1. The molecule has 1 amide bonds. The van der Waals surface area contributed by atoms with Crippen LogP contribution in [-0.2, 0) is 11.3 Å². The van der Waals surface area contributed by atoms with Crippen LogP contribution >= 0.6 is 0 Å². The summed E-state index contributed by atoms with van der Waals surface area (Å²) in [5.74, 6) is 0.810. The molecule has 0 radical (unpaired) electrons. The van der Waals surface area contributed by atoms with Crippen LogP contribution in [0.2, 0.25) is 0 Å². The summed E-state index contributed by atoms with van der Waals surface area (Å²) >= 11 is 0. The van der Waals surface area contributed by atoms with Crippen LogP contribution in [0.25, 0.3) is 0 Å². The second-order valence-electron chi connectivity index (χ2n) is 5.21. The van der Waals surface area contributed by atoms with Crippen LogP contribution in [-0.4, -0.2) is 28.7 Å². The van der Waals surface area contributed by atoms with Crippen molar-refractivity contribution in [3.8, 4) is 5.75 Å². The van der Waals surface area contributed by atoms with E-state index in [2.05, 4.69) is 4.98 Å². The number of nitrogens with two attached hydrogens (primary N) is 1. The maximum Gasteiger partial charge on any atom is 0.233 e. The SMILES string of the molecule is COc1c(C)cnc(CN2C(=N)/C(=C(/C)N)CC2=O)c1C. The largest absolute Gasteiger partial charge is 0.496 e. The molecule has 1 aromatic rings. The molecule has 6 nitrogen and oxygen atoms in total. The number of rotatable bonds is 3. The maximum atomic E-state index is 12.1. The summed E-state index contributed by atoms with van der Waals surface area (Å²) in [4.78, 5) is 17.9. The minimum atomic E-state index is -0.124. The molecule has 2 heterocycles. The van der Waals surface area contributed by atoms with Crippen molar-refractivity contribution >= 4 is 11.7 Å². The van der Waals surface area contributed by atoms with E-state index >= 15 is 0 Å². The highest BCUT2D eigenvalue weighted by Gasteiger charge is 2.32. The zero-order valence-electron chi connectivity index (χ0n) is 12.8. The summed E-state index contributed by atoms with van der Waals surface area (Å²) in [5, 5.41) is 8.09. The van der Waals surface area contributed by atoms with Gasteiger partial charge in [0, 0.05) is 28.6 Å². The molecular weight excluding hydrogens is 268 g/mol. The van der Waals surface area contributed by atoms with Gasteiger partial charge < -0.3 is 10.5 Å². The lowest BCUT2D eigenvalue weighted by atomic mass is 10.1. The fourth-order valence-corrected chi connectivity index (χ4v) is 2.49. The van der Waals surface area contributed by atoms with Crippen molar-refractivity contribution in [2.45, 2.75) is 33.7 Å². The van der Waals surface area contributed by atoms with Crippen molar-refractivity contribution in [1.29, 1.82) is 5.41 Å². The summed E-state index contributed by atoms with van der Waals surface area (Å²) in [6, 6.07) is 0. The van der Waals surface area contributed by atoms with Crippen LogP contribution in [0.15, 0.2) is 17.5 Å². The number of carbonyl (C=O) groups is 1. The van der Waals surface area contributed by atoms with E-state index in [9.17, 15) is 4.79 Å². The van der Waals surface area contributed by atoms with Crippen LogP contribution in [0.3, 0.4) is 0 Å². The molecule has 0 aliphatic carbocycles. The molecule has 2 rings (SSSR count). The Morgan fingerprint density at radius 1 is 1.52 bits per heavy atom. The standard InChI is InChI=1S/C15H20N4O2/c1-8-6-18-12(9(2)14(8)21-4)7-19-13(20)5-11(10(3)16)15(19)17/h6,17H,5,7,16H2,1-4H3/b11-10-,17-15?. The molecular formula is C15H20N4O2. The Kier molecular flexibility index (Phi) is 3.97. The lowest BCUT2D eigenvalue weighted by Crippen LogP contribution is -2.29. The van der Waals surface area contributed by atoms with Crippen molar-refractivity contribution < 1.29 is 9.53 Å². The number of pyridine rings is 1. The lowest BCUT2D eigenvalue weighted by Gasteiger charge is -2.18. The summed E-state index contributed by atoms with van der Waals surface area (Å²) in [6.07, 6.45) is 1.90. The highest BCUT2D eigenvalue weighted by atomic mass is 16.5. The van der Waals surface area contributed by atoms with Gasteiger partial charge in [-0.15, -0.1) is 0 Å². The van der Waals surface area contributed by atoms with Gasteiger partial charge in [-0.05, 0) is 20.8 Å².